The number of methoxy groups -OCH3 is 2. The Morgan fingerprint density at radius 1 is 1.12 bits per heavy atom. The molecule has 0 amide bonds. The van der Waals surface area contributed by atoms with E-state index in [2.05, 4.69) is 39.2 Å². The predicted octanol–water partition coefficient (Wildman–Crippen LogP) is 4.89. The molecule has 178 valence electrons. The van der Waals surface area contributed by atoms with E-state index in [0.717, 1.165) is 73.4 Å². The smallest absolute Gasteiger partial charge is 0.168 e. The number of ether oxygens (including phenoxy) is 2. The van der Waals surface area contributed by atoms with Crippen molar-refractivity contribution < 1.29 is 9.47 Å². The van der Waals surface area contributed by atoms with Crippen molar-refractivity contribution in [1.82, 2.24) is 19.8 Å². The molecule has 1 aromatic carbocycles. The maximum absolute atomic E-state index is 5.69. The highest BCUT2D eigenvalue weighted by atomic mass is 32.1. The average molecular weight is 469 g/mol. The minimum atomic E-state index is 0.443. The fourth-order valence-corrected chi connectivity index (χ4v) is 5.17. The third-order valence-corrected chi connectivity index (χ3v) is 7.17. The van der Waals surface area contributed by atoms with Crippen molar-refractivity contribution in [3.63, 3.8) is 0 Å². The van der Waals surface area contributed by atoms with Crippen LogP contribution in [0.1, 0.15) is 62.3 Å². The summed E-state index contributed by atoms with van der Waals surface area (Å²) < 4.78 is 13.1. The normalized spacial score (nSPS) is 16.9. The Hall–Kier alpha value is -2.54. The number of aromatic nitrogens is 2. The summed E-state index contributed by atoms with van der Waals surface area (Å²) in [5.41, 5.74) is 2.73. The molecule has 0 saturated carbocycles. The van der Waals surface area contributed by atoms with Gasteiger partial charge in [0.05, 0.1) is 14.2 Å². The second kappa shape index (κ2) is 11.5. The molecule has 0 bridgehead atoms. The average Bonchev–Trinajstić information content (AvgIpc) is 3.32. The molecule has 33 heavy (non-hydrogen) atoms. The number of likely N-dealkylation sites (tertiary alicyclic amines) is 1. The number of hydrogen-bond acceptors (Lipinski definition) is 4. The van der Waals surface area contributed by atoms with Crippen LogP contribution in [0.2, 0.25) is 0 Å². The van der Waals surface area contributed by atoms with Crippen LogP contribution in [0.4, 0.5) is 0 Å². The summed E-state index contributed by atoms with van der Waals surface area (Å²) in [4.78, 5) is 7.04. The van der Waals surface area contributed by atoms with E-state index >= 15 is 0 Å². The van der Waals surface area contributed by atoms with Gasteiger partial charge in [0.25, 0.3) is 0 Å². The van der Waals surface area contributed by atoms with Crippen LogP contribution in [0.25, 0.3) is 0 Å². The third kappa shape index (κ3) is 6.28. The van der Waals surface area contributed by atoms with Gasteiger partial charge in [-0.3, -0.25) is 0 Å². The molecular weight excluding hydrogens is 432 g/mol. The van der Waals surface area contributed by atoms with Crippen molar-refractivity contribution in [3.05, 3.63) is 53.6 Å². The lowest BCUT2D eigenvalue weighted by atomic mass is 9.96. The second-order valence-electron chi connectivity index (χ2n) is 8.99. The van der Waals surface area contributed by atoms with E-state index in [4.69, 9.17) is 26.7 Å². The molecule has 0 atom stereocenters. The van der Waals surface area contributed by atoms with Gasteiger partial charge in [-0.1, -0.05) is 11.6 Å². The molecule has 1 N–H and O–H groups in total. The molecule has 1 aromatic heterocycles. The zero-order valence-corrected chi connectivity index (χ0v) is 20.7. The first-order valence-corrected chi connectivity index (χ1v) is 12.5. The fourth-order valence-electron chi connectivity index (χ4n) is 4.88. The molecule has 2 heterocycles. The van der Waals surface area contributed by atoms with Crippen LogP contribution < -0.4 is 14.8 Å². The van der Waals surface area contributed by atoms with E-state index in [1.165, 1.54) is 25.7 Å². The minimum Gasteiger partial charge on any atom is -0.497 e. The maximum Gasteiger partial charge on any atom is 0.168 e. The van der Waals surface area contributed by atoms with Gasteiger partial charge in [-0.2, -0.15) is 0 Å². The first-order valence-electron chi connectivity index (χ1n) is 12.1. The van der Waals surface area contributed by atoms with Crippen LogP contribution >= 0.6 is 12.2 Å². The molecular formula is C26H36N4O2S. The summed E-state index contributed by atoms with van der Waals surface area (Å²) >= 11 is 5.69. The Morgan fingerprint density at radius 2 is 1.88 bits per heavy atom. The zero-order valence-electron chi connectivity index (χ0n) is 19.9. The van der Waals surface area contributed by atoms with Gasteiger partial charge in [0, 0.05) is 50.6 Å². The molecule has 2 aromatic rings. The molecule has 1 fully saturated rings. The third-order valence-electron chi connectivity index (χ3n) is 6.77. The number of allylic oxidation sites excluding steroid dienone is 1. The van der Waals surface area contributed by atoms with Crippen molar-refractivity contribution in [2.45, 2.75) is 57.4 Å². The van der Waals surface area contributed by atoms with Gasteiger partial charge in [-0.05, 0) is 74.9 Å². The predicted molar refractivity (Wildman–Crippen MR) is 136 cm³/mol. The second-order valence-corrected chi connectivity index (χ2v) is 9.37. The number of nitrogens with one attached hydrogen (secondary N) is 1. The summed E-state index contributed by atoms with van der Waals surface area (Å²) in [6.07, 6.45) is 14.8. The van der Waals surface area contributed by atoms with Crippen molar-refractivity contribution in [1.29, 1.82) is 0 Å². The van der Waals surface area contributed by atoms with Crippen molar-refractivity contribution in [3.8, 4) is 11.5 Å². The van der Waals surface area contributed by atoms with Crippen molar-refractivity contribution in [2.24, 2.45) is 0 Å². The van der Waals surface area contributed by atoms with Gasteiger partial charge in [0.1, 0.15) is 17.3 Å². The van der Waals surface area contributed by atoms with E-state index in [9.17, 15) is 0 Å². The first kappa shape index (κ1) is 23.6. The minimum absolute atomic E-state index is 0.443. The Bertz CT molecular complexity index is 941. The molecule has 1 aliphatic heterocycles. The lowest BCUT2D eigenvalue weighted by Crippen LogP contribution is -2.44. The summed E-state index contributed by atoms with van der Waals surface area (Å²) in [5.74, 6) is 3.21. The molecule has 0 radical (unpaired) electrons. The van der Waals surface area contributed by atoms with Crippen LogP contribution in [0.15, 0.2) is 42.2 Å². The number of benzene rings is 1. The van der Waals surface area contributed by atoms with Gasteiger partial charge in [-0.25, -0.2) is 4.98 Å². The largest absolute Gasteiger partial charge is 0.497 e. The van der Waals surface area contributed by atoms with E-state index in [-0.39, 0.29) is 0 Å². The van der Waals surface area contributed by atoms with Crippen molar-refractivity contribution in [2.75, 3.05) is 33.9 Å². The van der Waals surface area contributed by atoms with Crippen molar-refractivity contribution >= 4 is 17.3 Å². The van der Waals surface area contributed by atoms with Gasteiger partial charge in [-0.15, -0.1) is 0 Å². The summed E-state index contributed by atoms with van der Waals surface area (Å²) in [6.45, 7) is 3.63. The molecule has 7 heteroatoms. The van der Waals surface area contributed by atoms with Crippen LogP contribution in [0, 0.1) is 0 Å². The quantitative estimate of drug-likeness (QED) is 0.440. The molecule has 0 unspecified atom stereocenters. The molecule has 1 aliphatic carbocycles. The number of imidazole rings is 1. The Kier molecular flexibility index (Phi) is 8.26. The summed E-state index contributed by atoms with van der Waals surface area (Å²) in [7, 11) is 3.36. The van der Waals surface area contributed by atoms with Gasteiger partial charge < -0.3 is 24.3 Å². The van der Waals surface area contributed by atoms with Gasteiger partial charge in [0.15, 0.2) is 5.11 Å². The number of piperidine rings is 1. The lowest BCUT2D eigenvalue weighted by Gasteiger charge is -2.34. The topological polar surface area (TPSA) is 51.5 Å². The van der Waals surface area contributed by atoms with Gasteiger partial charge in [0.2, 0.25) is 0 Å². The van der Waals surface area contributed by atoms with E-state index in [0.29, 0.717) is 5.92 Å². The van der Waals surface area contributed by atoms with Crippen LogP contribution in [0.5, 0.6) is 11.5 Å². The Balaban J connectivity index is 1.29. The molecule has 1 saturated heterocycles. The zero-order chi connectivity index (χ0) is 23.0. The Labute approximate surface area is 203 Å². The van der Waals surface area contributed by atoms with Crippen LogP contribution in [0.3, 0.4) is 0 Å². The van der Waals surface area contributed by atoms with E-state index < -0.39 is 0 Å². The molecule has 6 nitrogen and oxygen atoms in total. The monoisotopic (exact) mass is 468 g/mol. The number of thiocarbonyl (C=S) groups is 1. The standard InChI is InChI=1S/C26H36N4O2S/c1-31-23-16-21(17-24(18-23)32-2)19-30-15-12-27-25(30)22-9-13-29(14-10-22)26(33)28-11-8-20-6-4-3-5-7-20/h6,12,15-18,22H,3-5,7-11,13-14,19H2,1-2H3,(H,28,33). The van der Waals surface area contributed by atoms with E-state index in [1.807, 2.05) is 12.3 Å². The fraction of sp³-hybridized carbons (Fsp3) is 0.538. The summed E-state index contributed by atoms with van der Waals surface area (Å²) in [6, 6.07) is 6.02. The molecule has 0 spiro atoms. The highest BCUT2D eigenvalue weighted by molar-refractivity contribution is 7.80. The number of hydrogen-bond donors (Lipinski definition) is 1. The lowest BCUT2D eigenvalue weighted by molar-refractivity contribution is 0.300. The summed E-state index contributed by atoms with van der Waals surface area (Å²) in [5, 5.41) is 4.39. The first-order chi connectivity index (χ1) is 16.2. The Morgan fingerprint density at radius 3 is 2.55 bits per heavy atom. The van der Waals surface area contributed by atoms with E-state index in [1.54, 1.807) is 19.8 Å². The maximum atomic E-state index is 5.69. The van der Waals surface area contributed by atoms with Crippen LogP contribution in [-0.4, -0.2) is 53.4 Å². The van der Waals surface area contributed by atoms with Gasteiger partial charge >= 0.3 is 0 Å². The highest BCUT2D eigenvalue weighted by Crippen LogP contribution is 2.29. The number of rotatable bonds is 8. The molecule has 2 aliphatic rings. The number of nitrogens with zero attached hydrogens (tertiary/aromatic N) is 3. The highest BCUT2D eigenvalue weighted by Gasteiger charge is 2.25. The molecule has 4 rings (SSSR count). The SMILES string of the molecule is COc1cc(Cn2ccnc2C2CCN(C(=S)NCCC3=CCCCC3)CC2)cc(OC)c1. The van der Waals surface area contributed by atoms with Crippen LogP contribution in [-0.2, 0) is 6.54 Å².